The monoisotopic (exact) mass is 722 g/mol. The molecule has 304 valence electrons. The van der Waals surface area contributed by atoms with Gasteiger partial charge in [-0.1, -0.05) is 232 Å². The van der Waals surface area contributed by atoms with Gasteiger partial charge in [-0.25, -0.2) is 0 Å². The Kier molecular flexibility index (Phi) is 44.1. The molecule has 0 aromatic carbocycles. The summed E-state index contributed by atoms with van der Waals surface area (Å²) in [4.78, 5) is 23.9. The third-order valence-electron chi connectivity index (χ3n) is 10.6. The Morgan fingerprint density at radius 2 is 0.510 bits per heavy atom. The molecule has 5 nitrogen and oxygen atoms in total. The van der Waals surface area contributed by atoms with Gasteiger partial charge in [0.05, 0.1) is 0 Å². The standard InChI is InChI=1S/C46H91NO4/c1-3-5-7-9-11-13-15-17-19-21-23-25-27-29-31-33-35-37-39-45(48)50-43-41-47-42-44-51-46(49)40-38-36-34-32-30-28-26-24-22-20-18-16-14-12-10-8-6-4-2/h47H,3-44H2,1-2H3. The number of esters is 2. The second-order valence-corrected chi connectivity index (χ2v) is 15.7. The number of carbonyl (C=O) groups excluding carboxylic acids is 2. The summed E-state index contributed by atoms with van der Waals surface area (Å²) in [6.07, 6.45) is 49.7. The molecular weight excluding hydrogens is 631 g/mol. The molecule has 0 fully saturated rings. The Labute approximate surface area is 319 Å². The average Bonchev–Trinajstić information content (AvgIpc) is 3.13. The fraction of sp³-hybridized carbons (Fsp3) is 0.957. The molecule has 1 N–H and O–H groups in total. The van der Waals surface area contributed by atoms with Crippen molar-refractivity contribution < 1.29 is 19.1 Å². The first-order valence-electron chi connectivity index (χ1n) is 23.2. The lowest BCUT2D eigenvalue weighted by atomic mass is 10.0. The zero-order valence-corrected chi connectivity index (χ0v) is 34.8. The van der Waals surface area contributed by atoms with Crippen LogP contribution < -0.4 is 5.32 Å². The summed E-state index contributed by atoms with van der Waals surface area (Å²) in [6.45, 7) is 6.53. The highest BCUT2D eigenvalue weighted by atomic mass is 16.5. The van der Waals surface area contributed by atoms with Crippen LogP contribution in [-0.4, -0.2) is 38.2 Å². The Balaban J connectivity index is 3.23. The van der Waals surface area contributed by atoms with Crippen LogP contribution in [0.3, 0.4) is 0 Å². The molecule has 0 aliphatic rings. The van der Waals surface area contributed by atoms with E-state index in [2.05, 4.69) is 19.2 Å². The van der Waals surface area contributed by atoms with E-state index in [1.807, 2.05) is 0 Å². The predicted octanol–water partition coefficient (Wildman–Crippen LogP) is 14.5. The zero-order chi connectivity index (χ0) is 37.0. The van der Waals surface area contributed by atoms with Crippen molar-refractivity contribution in [2.75, 3.05) is 26.3 Å². The summed E-state index contributed by atoms with van der Waals surface area (Å²) in [7, 11) is 0. The van der Waals surface area contributed by atoms with E-state index in [-0.39, 0.29) is 11.9 Å². The number of hydrogen-bond donors (Lipinski definition) is 1. The lowest BCUT2D eigenvalue weighted by Gasteiger charge is -2.08. The van der Waals surface area contributed by atoms with Crippen molar-refractivity contribution in [3.63, 3.8) is 0 Å². The maximum absolute atomic E-state index is 12.0. The van der Waals surface area contributed by atoms with E-state index in [1.165, 1.54) is 205 Å². The van der Waals surface area contributed by atoms with Gasteiger partial charge in [-0.2, -0.15) is 0 Å². The second kappa shape index (κ2) is 45.1. The molecule has 0 amide bonds. The molecule has 0 radical (unpaired) electrons. The number of unbranched alkanes of at least 4 members (excludes halogenated alkanes) is 34. The van der Waals surface area contributed by atoms with Crippen molar-refractivity contribution in [3.8, 4) is 0 Å². The van der Waals surface area contributed by atoms with Gasteiger partial charge in [-0.3, -0.25) is 9.59 Å². The molecule has 0 bridgehead atoms. The lowest BCUT2D eigenvalue weighted by Crippen LogP contribution is -2.26. The van der Waals surface area contributed by atoms with E-state index >= 15 is 0 Å². The fourth-order valence-corrected chi connectivity index (χ4v) is 7.09. The van der Waals surface area contributed by atoms with Crippen molar-refractivity contribution >= 4 is 11.9 Å². The maximum atomic E-state index is 12.0. The number of nitrogens with one attached hydrogen (secondary N) is 1. The van der Waals surface area contributed by atoms with E-state index in [0.29, 0.717) is 39.1 Å². The number of rotatable bonds is 44. The number of hydrogen-bond acceptors (Lipinski definition) is 5. The molecule has 0 atom stereocenters. The van der Waals surface area contributed by atoms with Gasteiger partial charge in [0.1, 0.15) is 13.2 Å². The Morgan fingerprint density at radius 3 is 0.725 bits per heavy atom. The van der Waals surface area contributed by atoms with Gasteiger partial charge < -0.3 is 14.8 Å². The highest BCUT2D eigenvalue weighted by Gasteiger charge is 2.04. The minimum absolute atomic E-state index is 0.0935. The first-order chi connectivity index (χ1) is 25.2. The SMILES string of the molecule is CCCCCCCCCCCCCCCCCCCCC(=O)OCCNCCOC(=O)CCCCCCCCCCCCCCCCCCCC. The average molecular weight is 722 g/mol. The molecule has 0 spiro atoms. The number of carbonyl (C=O) groups is 2. The Morgan fingerprint density at radius 1 is 0.314 bits per heavy atom. The van der Waals surface area contributed by atoms with Gasteiger partial charge in [0.2, 0.25) is 0 Å². The van der Waals surface area contributed by atoms with Crippen LogP contribution in [0.2, 0.25) is 0 Å². The summed E-state index contributed by atoms with van der Waals surface area (Å²) in [5.74, 6) is -0.187. The molecule has 0 aromatic rings. The molecule has 0 rings (SSSR count). The highest BCUT2D eigenvalue weighted by Crippen LogP contribution is 2.16. The molecule has 0 heterocycles. The molecular formula is C46H91NO4. The largest absolute Gasteiger partial charge is 0.464 e. The molecule has 51 heavy (non-hydrogen) atoms. The third kappa shape index (κ3) is 45.0. The molecule has 0 aromatic heterocycles. The van der Waals surface area contributed by atoms with Crippen LogP contribution in [0.1, 0.15) is 258 Å². The van der Waals surface area contributed by atoms with E-state index in [0.717, 1.165) is 25.7 Å². The van der Waals surface area contributed by atoms with Crippen LogP contribution in [0.15, 0.2) is 0 Å². The van der Waals surface area contributed by atoms with Crippen LogP contribution in [0.25, 0.3) is 0 Å². The topological polar surface area (TPSA) is 64.6 Å². The van der Waals surface area contributed by atoms with Crippen LogP contribution in [0.5, 0.6) is 0 Å². The van der Waals surface area contributed by atoms with Crippen LogP contribution in [0, 0.1) is 0 Å². The minimum atomic E-state index is -0.0935. The van der Waals surface area contributed by atoms with Crippen LogP contribution >= 0.6 is 0 Å². The summed E-state index contributed by atoms with van der Waals surface area (Å²) in [5, 5.41) is 3.20. The number of ether oxygens (including phenoxy) is 2. The normalized spacial score (nSPS) is 11.3. The zero-order valence-electron chi connectivity index (χ0n) is 34.8. The van der Waals surface area contributed by atoms with Crippen LogP contribution in [-0.2, 0) is 19.1 Å². The van der Waals surface area contributed by atoms with E-state index in [9.17, 15) is 9.59 Å². The predicted molar refractivity (Wildman–Crippen MR) is 222 cm³/mol. The molecule has 0 saturated carbocycles. The summed E-state index contributed by atoms with van der Waals surface area (Å²) in [5.41, 5.74) is 0. The summed E-state index contributed by atoms with van der Waals surface area (Å²) < 4.78 is 10.7. The highest BCUT2D eigenvalue weighted by molar-refractivity contribution is 5.69. The smallest absolute Gasteiger partial charge is 0.305 e. The quantitative estimate of drug-likeness (QED) is 0.0501. The van der Waals surface area contributed by atoms with E-state index in [4.69, 9.17) is 9.47 Å². The molecule has 0 aliphatic carbocycles. The molecule has 0 saturated heterocycles. The van der Waals surface area contributed by atoms with Crippen molar-refractivity contribution in [2.24, 2.45) is 0 Å². The summed E-state index contributed by atoms with van der Waals surface area (Å²) >= 11 is 0. The Hall–Kier alpha value is -1.10. The molecule has 0 aliphatic heterocycles. The fourth-order valence-electron chi connectivity index (χ4n) is 7.09. The van der Waals surface area contributed by atoms with Crippen molar-refractivity contribution in [2.45, 2.75) is 258 Å². The second-order valence-electron chi connectivity index (χ2n) is 15.7. The van der Waals surface area contributed by atoms with Gasteiger partial charge in [-0.15, -0.1) is 0 Å². The Bertz CT molecular complexity index is 628. The first-order valence-corrected chi connectivity index (χ1v) is 23.2. The summed E-state index contributed by atoms with van der Waals surface area (Å²) in [6, 6.07) is 0. The lowest BCUT2D eigenvalue weighted by molar-refractivity contribution is -0.143. The van der Waals surface area contributed by atoms with Gasteiger partial charge in [0.15, 0.2) is 0 Å². The third-order valence-corrected chi connectivity index (χ3v) is 10.6. The van der Waals surface area contributed by atoms with Gasteiger partial charge in [-0.05, 0) is 12.8 Å². The van der Waals surface area contributed by atoms with Gasteiger partial charge in [0.25, 0.3) is 0 Å². The van der Waals surface area contributed by atoms with E-state index < -0.39 is 0 Å². The maximum Gasteiger partial charge on any atom is 0.305 e. The van der Waals surface area contributed by atoms with Crippen LogP contribution in [0.4, 0.5) is 0 Å². The first kappa shape index (κ1) is 49.9. The van der Waals surface area contributed by atoms with Crippen molar-refractivity contribution in [3.05, 3.63) is 0 Å². The molecule has 5 heteroatoms. The van der Waals surface area contributed by atoms with Crippen molar-refractivity contribution in [1.29, 1.82) is 0 Å². The minimum Gasteiger partial charge on any atom is -0.464 e. The van der Waals surface area contributed by atoms with Gasteiger partial charge in [0, 0.05) is 25.9 Å². The van der Waals surface area contributed by atoms with E-state index in [1.54, 1.807) is 0 Å². The molecule has 0 unspecified atom stereocenters. The van der Waals surface area contributed by atoms with Crippen molar-refractivity contribution in [1.82, 2.24) is 5.32 Å². The van der Waals surface area contributed by atoms with Gasteiger partial charge >= 0.3 is 11.9 Å².